The molecule has 0 spiro atoms. The molecule has 0 fully saturated rings. The van der Waals surface area contributed by atoms with Gasteiger partial charge in [-0.05, 0) is 41.0 Å². The standard InChI is InChI=1S/C25H26N6O/c1-3-5-9-21-18-30(16-6-4-2)25(32)31(21)17-19-12-14-20(15-13-19)22-10-7-8-11-23(22)24-26-28-29-27-24/h3-8,10-15,18H,9,16-17H2,1-2H3,(H,26,27,28,29). The molecule has 7 nitrogen and oxygen atoms in total. The van der Waals surface area contributed by atoms with Crippen LogP contribution in [0.15, 0.2) is 83.8 Å². The van der Waals surface area contributed by atoms with E-state index >= 15 is 0 Å². The van der Waals surface area contributed by atoms with E-state index in [9.17, 15) is 4.79 Å². The fourth-order valence-electron chi connectivity index (χ4n) is 3.69. The van der Waals surface area contributed by atoms with Gasteiger partial charge < -0.3 is 0 Å². The van der Waals surface area contributed by atoms with Crippen LogP contribution < -0.4 is 5.69 Å². The largest absolute Gasteiger partial charge is 0.328 e. The van der Waals surface area contributed by atoms with Crippen LogP contribution in [-0.2, 0) is 19.5 Å². The molecule has 7 heteroatoms. The first-order valence-corrected chi connectivity index (χ1v) is 10.6. The Morgan fingerprint density at radius 2 is 1.72 bits per heavy atom. The van der Waals surface area contributed by atoms with Crippen molar-refractivity contribution in [3.8, 4) is 22.5 Å². The summed E-state index contributed by atoms with van der Waals surface area (Å²) in [6.45, 7) is 5.06. The Kier molecular flexibility index (Phi) is 6.55. The van der Waals surface area contributed by atoms with Crippen molar-refractivity contribution in [3.63, 3.8) is 0 Å². The lowest BCUT2D eigenvalue weighted by atomic mass is 9.98. The van der Waals surface area contributed by atoms with E-state index in [1.807, 2.05) is 67.1 Å². The van der Waals surface area contributed by atoms with Crippen LogP contribution in [0.3, 0.4) is 0 Å². The number of allylic oxidation sites excluding steroid dienone is 4. The molecular formula is C25H26N6O. The minimum Gasteiger partial charge on any atom is -0.295 e. The van der Waals surface area contributed by atoms with Crippen molar-refractivity contribution in [1.29, 1.82) is 0 Å². The first-order valence-electron chi connectivity index (χ1n) is 10.6. The number of benzene rings is 2. The van der Waals surface area contributed by atoms with Crippen LogP contribution in [0.4, 0.5) is 0 Å². The molecule has 0 radical (unpaired) electrons. The highest BCUT2D eigenvalue weighted by Gasteiger charge is 2.12. The predicted molar refractivity (Wildman–Crippen MR) is 126 cm³/mol. The lowest BCUT2D eigenvalue weighted by Crippen LogP contribution is -2.25. The molecule has 0 atom stereocenters. The summed E-state index contributed by atoms with van der Waals surface area (Å²) in [6.07, 6.45) is 10.7. The van der Waals surface area contributed by atoms with Gasteiger partial charge in [-0.1, -0.05) is 72.8 Å². The molecule has 0 unspecified atom stereocenters. The van der Waals surface area contributed by atoms with Gasteiger partial charge >= 0.3 is 5.69 Å². The summed E-state index contributed by atoms with van der Waals surface area (Å²) >= 11 is 0. The van der Waals surface area contributed by atoms with Gasteiger partial charge in [0.25, 0.3) is 0 Å². The maximum absolute atomic E-state index is 13.0. The zero-order chi connectivity index (χ0) is 22.3. The summed E-state index contributed by atoms with van der Waals surface area (Å²) in [5.41, 5.74) is 5.13. The van der Waals surface area contributed by atoms with E-state index < -0.39 is 0 Å². The van der Waals surface area contributed by atoms with Gasteiger partial charge in [0.1, 0.15) is 0 Å². The molecule has 32 heavy (non-hydrogen) atoms. The molecule has 0 saturated heterocycles. The molecule has 2 aromatic carbocycles. The smallest absolute Gasteiger partial charge is 0.295 e. The Balaban J connectivity index is 1.63. The van der Waals surface area contributed by atoms with Crippen molar-refractivity contribution in [2.75, 3.05) is 0 Å². The Morgan fingerprint density at radius 1 is 0.969 bits per heavy atom. The highest BCUT2D eigenvalue weighted by Crippen LogP contribution is 2.29. The van der Waals surface area contributed by atoms with E-state index in [4.69, 9.17) is 0 Å². The third kappa shape index (κ3) is 4.51. The molecular weight excluding hydrogens is 400 g/mol. The van der Waals surface area contributed by atoms with Crippen LogP contribution in [0.5, 0.6) is 0 Å². The van der Waals surface area contributed by atoms with Crippen molar-refractivity contribution in [2.45, 2.75) is 33.4 Å². The van der Waals surface area contributed by atoms with E-state index in [1.165, 1.54) is 0 Å². The first kappa shape index (κ1) is 21.2. The van der Waals surface area contributed by atoms with Gasteiger partial charge in [0.15, 0.2) is 5.82 Å². The molecule has 2 heterocycles. The Hall–Kier alpha value is -4.00. The van der Waals surface area contributed by atoms with Crippen LogP contribution in [0.25, 0.3) is 22.5 Å². The Morgan fingerprint density at radius 3 is 2.41 bits per heavy atom. The van der Waals surface area contributed by atoms with Crippen molar-refractivity contribution in [1.82, 2.24) is 29.8 Å². The Labute approximate surface area is 186 Å². The van der Waals surface area contributed by atoms with Gasteiger partial charge in [0.05, 0.1) is 6.54 Å². The number of hydrogen-bond acceptors (Lipinski definition) is 4. The van der Waals surface area contributed by atoms with Gasteiger partial charge in [-0.3, -0.25) is 9.13 Å². The SMILES string of the molecule is CC=CCc1cn(CC=CC)c(=O)n1Cc1ccc(-c2ccccc2-c2nnn[nH]2)cc1. The first-order chi connectivity index (χ1) is 15.7. The third-order valence-corrected chi connectivity index (χ3v) is 5.36. The van der Waals surface area contributed by atoms with Crippen molar-refractivity contribution in [2.24, 2.45) is 0 Å². The summed E-state index contributed by atoms with van der Waals surface area (Å²) in [7, 11) is 0. The maximum Gasteiger partial charge on any atom is 0.328 e. The highest BCUT2D eigenvalue weighted by atomic mass is 16.1. The second-order valence-corrected chi connectivity index (χ2v) is 7.48. The van der Waals surface area contributed by atoms with E-state index in [0.717, 1.165) is 34.4 Å². The maximum atomic E-state index is 13.0. The van der Waals surface area contributed by atoms with Crippen LogP contribution >= 0.6 is 0 Å². The van der Waals surface area contributed by atoms with Crippen LogP contribution in [-0.4, -0.2) is 29.8 Å². The van der Waals surface area contributed by atoms with Crippen LogP contribution in [0.1, 0.15) is 25.1 Å². The lowest BCUT2D eigenvalue weighted by molar-refractivity contribution is 0.679. The summed E-state index contributed by atoms with van der Waals surface area (Å²) in [5.74, 6) is 0.632. The summed E-state index contributed by atoms with van der Waals surface area (Å²) in [4.78, 5) is 13.0. The number of imidazole rings is 1. The minimum absolute atomic E-state index is 0.00912. The molecule has 0 aliphatic heterocycles. The zero-order valence-corrected chi connectivity index (χ0v) is 18.3. The molecule has 4 aromatic rings. The van der Waals surface area contributed by atoms with Crippen molar-refractivity contribution in [3.05, 3.63) is 101 Å². The number of nitrogens with zero attached hydrogens (tertiary/aromatic N) is 5. The molecule has 0 bridgehead atoms. The topological polar surface area (TPSA) is 81.4 Å². The van der Waals surface area contributed by atoms with Gasteiger partial charge in [-0.2, -0.15) is 0 Å². The quantitative estimate of drug-likeness (QED) is 0.427. The number of tetrazole rings is 1. The fraction of sp³-hybridized carbons (Fsp3) is 0.200. The van der Waals surface area contributed by atoms with Crippen LogP contribution in [0.2, 0.25) is 0 Å². The number of aromatic amines is 1. The van der Waals surface area contributed by atoms with E-state index in [1.54, 1.807) is 4.57 Å². The summed E-state index contributed by atoms with van der Waals surface area (Å²) < 4.78 is 3.61. The van der Waals surface area contributed by atoms with E-state index in [2.05, 4.69) is 51.0 Å². The monoisotopic (exact) mass is 426 g/mol. The minimum atomic E-state index is 0.00912. The van der Waals surface area contributed by atoms with Crippen LogP contribution in [0, 0.1) is 0 Å². The number of nitrogens with one attached hydrogen (secondary N) is 1. The lowest BCUT2D eigenvalue weighted by Gasteiger charge is -2.10. The number of H-pyrrole nitrogens is 1. The predicted octanol–water partition coefficient (Wildman–Crippen LogP) is 4.24. The molecule has 1 N–H and O–H groups in total. The fourth-order valence-corrected chi connectivity index (χ4v) is 3.69. The number of hydrogen-bond donors (Lipinski definition) is 1. The molecule has 0 aliphatic rings. The normalized spacial score (nSPS) is 11.7. The van der Waals surface area contributed by atoms with Crippen molar-refractivity contribution < 1.29 is 0 Å². The number of aromatic nitrogens is 6. The number of rotatable bonds is 8. The average molecular weight is 427 g/mol. The third-order valence-electron chi connectivity index (χ3n) is 5.36. The molecule has 0 aliphatic carbocycles. The second kappa shape index (κ2) is 9.87. The van der Waals surface area contributed by atoms with E-state index in [-0.39, 0.29) is 5.69 Å². The van der Waals surface area contributed by atoms with Gasteiger partial charge in [-0.25, -0.2) is 9.89 Å². The summed E-state index contributed by atoms with van der Waals surface area (Å²) in [6, 6.07) is 16.3. The second-order valence-electron chi connectivity index (χ2n) is 7.48. The molecule has 2 aromatic heterocycles. The van der Waals surface area contributed by atoms with Gasteiger partial charge in [0, 0.05) is 30.4 Å². The van der Waals surface area contributed by atoms with Crippen molar-refractivity contribution >= 4 is 0 Å². The molecule has 4 rings (SSSR count). The molecule has 0 saturated carbocycles. The summed E-state index contributed by atoms with van der Waals surface area (Å²) in [5, 5.41) is 14.3. The molecule has 162 valence electrons. The average Bonchev–Trinajstić information content (AvgIpc) is 3.46. The Bertz CT molecular complexity index is 1280. The zero-order valence-electron chi connectivity index (χ0n) is 18.3. The van der Waals surface area contributed by atoms with Gasteiger partial charge in [0.2, 0.25) is 0 Å². The van der Waals surface area contributed by atoms with E-state index in [0.29, 0.717) is 18.9 Å². The highest BCUT2D eigenvalue weighted by molar-refractivity contribution is 5.80. The molecule has 0 amide bonds. The van der Waals surface area contributed by atoms with Gasteiger partial charge in [-0.15, -0.1) is 5.10 Å².